The largest absolute Gasteiger partial charge is 0.481 e. The van der Waals surface area contributed by atoms with Gasteiger partial charge in [0.25, 0.3) is 5.91 Å². The molecular weight excluding hydrogens is 332 g/mol. The van der Waals surface area contributed by atoms with Gasteiger partial charge in [0.2, 0.25) is 0 Å². The third kappa shape index (κ3) is 4.32. The van der Waals surface area contributed by atoms with E-state index in [0.717, 1.165) is 5.56 Å². The lowest BCUT2D eigenvalue weighted by Gasteiger charge is -2.39. The number of carbonyl (C=O) groups excluding carboxylic acids is 1. The van der Waals surface area contributed by atoms with E-state index in [1.54, 1.807) is 17.0 Å². The molecule has 1 aromatic heterocycles. The van der Waals surface area contributed by atoms with Gasteiger partial charge in [-0.3, -0.25) is 14.5 Å². The van der Waals surface area contributed by atoms with E-state index >= 15 is 0 Å². The molecule has 1 saturated heterocycles. The number of benzene rings is 1. The number of hydrogen-bond acceptors (Lipinski definition) is 4. The molecule has 26 heavy (non-hydrogen) atoms. The van der Waals surface area contributed by atoms with Gasteiger partial charge in [-0.05, 0) is 31.0 Å². The molecule has 0 aliphatic carbocycles. The lowest BCUT2D eigenvalue weighted by Crippen LogP contribution is -2.49. The fraction of sp³-hybridized carbons (Fsp3) is 0.400. The summed E-state index contributed by atoms with van der Waals surface area (Å²) in [6, 6.07) is 11.7. The summed E-state index contributed by atoms with van der Waals surface area (Å²) in [7, 11) is 0. The topological polar surface area (TPSA) is 74.0 Å². The van der Waals surface area contributed by atoms with Gasteiger partial charge in [-0.25, -0.2) is 0 Å². The number of aliphatic carboxylic acids is 1. The highest BCUT2D eigenvalue weighted by Crippen LogP contribution is 2.27. The number of carboxylic acids is 1. The Kier molecular flexibility index (Phi) is 5.73. The third-order valence-corrected chi connectivity index (χ3v) is 4.87. The average Bonchev–Trinajstić information content (AvgIpc) is 3.18. The molecule has 1 fully saturated rings. The van der Waals surface area contributed by atoms with Gasteiger partial charge in [-0.15, -0.1) is 0 Å². The highest BCUT2D eigenvalue weighted by atomic mass is 16.4. The van der Waals surface area contributed by atoms with Crippen LogP contribution in [0.5, 0.6) is 0 Å². The molecule has 2 heterocycles. The minimum Gasteiger partial charge on any atom is -0.481 e. The van der Waals surface area contributed by atoms with Crippen molar-refractivity contribution in [3.63, 3.8) is 0 Å². The molecule has 6 heteroatoms. The third-order valence-electron chi connectivity index (χ3n) is 4.87. The quantitative estimate of drug-likeness (QED) is 0.861. The van der Waals surface area contributed by atoms with E-state index in [2.05, 4.69) is 29.2 Å². The zero-order valence-electron chi connectivity index (χ0n) is 14.9. The van der Waals surface area contributed by atoms with E-state index in [4.69, 9.17) is 9.52 Å². The van der Waals surface area contributed by atoms with E-state index in [0.29, 0.717) is 38.4 Å². The molecule has 0 saturated carbocycles. The zero-order valence-corrected chi connectivity index (χ0v) is 14.9. The molecule has 1 aliphatic rings. The number of piperazine rings is 1. The molecule has 1 aromatic carbocycles. The Morgan fingerprint density at radius 1 is 1.12 bits per heavy atom. The molecule has 1 aliphatic heterocycles. The van der Waals surface area contributed by atoms with Gasteiger partial charge in [0.1, 0.15) is 0 Å². The van der Waals surface area contributed by atoms with Crippen molar-refractivity contribution in [3.05, 3.63) is 59.5 Å². The predicted octanol–water partition coefficient (Wildman–Crippen LogP) is 2.95. The van der Waals surface area contributed by atoms with E-state index in [1.165, 1.54) is 11.8 Å². The Bertz CT molecular complexity index is 732. The summed E-state index contributed by atoms with van der Waals surface area (Å²) in [5, 5.41) is 9.09. The van der Waals surface area contributed by atoms with E-state index < -0.39 is 5.97 Å². The maximum Gasteiger partial charge on any atom is 0.303 e. The van der Waals surface area contributed by atoms with Crippen molar-refractivity contribution in [1.82, 2.24) is 9.80 Å². The Morgan fingerprint density at radius 3 is 2.38 bits per heavy atom. The lowest BCUT2D eigenvalue weighted by atomic mass is 9.98. The van der Waals surface area contributed by atoms with Crippen molar-refractivity contribution in [2.24, 2.45) is 0 Å². The van der Waals surface area contributed by atoms with Crippen LogP contribution in [0, 0.1) is 6.92 Å². The molecule has 0 bridgehead atoms. The number of furan rings is 1. The van der Waals surface area contributed by atoms with Crippen LogP contribution in [0.15, 0.2) is 47.1 Å². The summed E-state index contributed by atoms with van der Waals surface area (Å²) >= 11 is 0. The highest BCUT2D eigenvalue weighted by Gasteiger charge is 2.28. The second-order valence-electron chi connectivity index (χ2n) is 6.66. The smallest absolute Gasteiger partial charge is 0.303 e. The number of carbonyl (C=O) groups is 2. The SMILES string of the molecule is Cc1ccc([C@@H](CCC(=O)O)N2CCN(C(=O)c3ccco3)CC2)cc1. The molecule has 1 N–H and O–H groups in total. The molecule has 1 amide bonds. The van der Waals surface area contributed by atoms with Crippen LogP contribution in [0.1, 0.15) is 40.6 Å². The van der Waals surface area contributed by atoms with Gasteiger partial charge in [-0.2, -0.15) is 0 Å². The summed E-state index contributed by atoms with van der Waals surface area (Å²) < 4.78 is 5.20. The average molecular weight is 356 g/mol. The lowest BCUT2D eigenvalue weighted by molar-refractivity contribution is -0.137. The first-order valence-corrected chi connectivity index (χ1v) is 8.90. The number of amides is 1. The minimum absolute atomic E-state index is 0.0487. The number of hydrogen-bond donors (Lipinski definition) is 1. The molecule has 6 nitrogen and oxygen atoms in total. The minimum atomic E-state index is -0.784. The summed E-state index contributed by atoms with van der Waals surface area (Å²) in [4.78, 5) is 27.5. The van der Waals surface area contributed by atoms with Crippen molar-refractivity contribution in [2.75, 3.05) is 26.2 Å². The predicted molar refractivity (Wildman–Crippen MR) is 97.0 cm³/mol. The van der Waals surface area contributed by atoms with Gasteiger partial charge in [0.15, 0.2) is 5.76 Å². The fourth-order valence-electron chi connectivity index (χ4n) is 3.40. The number of nitrogens with zero attached hydrogens (tertiary/aromatic N) is 2. The van der Waals surface area contributed by atoms with Crippen molar-refractivity contribution in [2.45, 2.75) is 25.8 Å². The molecule has 3 rings (SSSR count). The maximum absolute atomic E-state index is 12.4. The standard InChI is InChI=1S/C20H24N2O4/c1-15-4-6-16(7-5-15)17(8-9-19(23)24)21-10-12-22(13-11-21)20(25)18-3-2-14-26-18/h2-7,14,17H,8-13H2,1H3,(H,23,24)/t17-/m1/s1. The Labute approximate surface area is 153 Å². The Hall–Kier alpha value is -2.60. The van der Waals surface area contributed by atoms with E-state index in [1.807, 2.05) is 6.92 Å². The highest BCUT2D eigenvalue weighted by molar-refractivity contribution is 5.91. The first-order chi connectivity index (χ1) is 12.5. The number of rotatable bonds is 6. The van der Waals surface area contributed by atoms with Gasteiger partial charge in [0.05, 0.1) is 6.26 Å². The van der Waals surface area contributed by atoms with Crippen LogP contribution in [0.4, 0.5) is 0 Å². The second-order valence-corrected chi connectivity index (χ2v) is 6.66. The number of aryl methyl sites for hydroxylation is 1. The molecule has 0 radical (unpaired) electrons. The first-order valence-electron chi connectivity index (χ1n) is 8.90. The summed E-state index contributed by atoms with van der Waals surface area (Å²) in [6.45, 7) is 4.67. The molecule has 0 spiro atoms. The first kappa shape index (κ1) is 18.2. The van der Waals surface area contributed by atoms with Gasteiger partial charge in [-0.1, -0.05) is 29.8 Å². The van der Waals surface area contributed by atoms with Crippen molar-refractivity contribution < 1.29 is 19.1 Å². The molecule has 138 valence electrons. The van der Waals surface area contributed by atoms with Gasteiger partial charge in [0, 0.05) is 38.6 Å². The van der Waals surface area contributed by atoms with Crippen LogP contribution in [0.25, 0.3) is 0 Å². The molecule has 2 aromatic rings. The van der Waals surface area contributed by atoms with Crippen LogP contribution >= 0.6 is 0 Å². The summed E-state index contributed by atoms with van der Waals surface area (Å²) in [5.41, 5.74) is 2.31. The monoisotopic (exact) mass is 356 g/mol. The molecule has 1 atom stereocenters. The van der Waals surface area contributed by atoms with Crippen LogP contribution in [-0.4, -0.2) is 53.0 Å². The maximum atomic E-state index is 12.4. The second kappa shape index (κ2) is 8.19. The van der Waals surface area contributed by atoms with Gasteiger partial charge >= 0.3 is 5.97 Å². The fourth-order valence-corrected chi connectivity index (χ4v) is 3.40. The Morgan fingerprint density at radius 2 is 1.81 bits per heavy atom. The number of carboxylic acid groups (broad SMARTS) is 1. The van der Waals surface area contributed by atoms with Crippen LogP contribution < -0.4 is 0 Å². The Balaban J connectivity index is 1.67. The zero-order chi connectivity index (χ0) is 18.5. The van der Waals surface area contributed by atoms with E-state index in [-0.39, 0.29) is 18.4 Å². The summed E-state index contributed by atoms with van der Waals surface area (Å²) in [5.74, 6) is -0.514. The van der Waals surface area contributed by atoms with E-state index in [9.17, 15) is 9.59 Å². The normalized spacial score (nSPS) is 16.4. The summed E-state index contributed by atoms with van der Waals surface area (Å²) in [6.07, 6.45) is 2.19. The van der Waals surface area contributed by atoms with Crippen molar-refractivity contribution in [3.8, 4) is 0 Å². The van der Waals surface area contributed by atoms with Crippen molar-refractivity contribution in [1.29, 1.82) is 0 Å². The van der Waals surface area contributed by atoms with Crippen LogP contribution in [0.3, 0.4) is 0 Å². The van der Waals surface area contributed by atoms with Gasteiger partial charge < -0.3 is 14.4 Å². The molecular formula is C20H24N2O4. The van der Waals surface area contributed by atoms with Crippen molar-refractivity contribution >= 4 is 11.9 Å². The molecule has 0 unspecified atom stereocenters. The van der Waals surface area contributed by atoms with Crippen LogP contribution in [-0.2, 0) is 4.79 Å². The van der Waals surface area contributed by atoms with Crippen LogP contribution in [0.2, 0.25) is 0 Å².